The number of likely N-dealkylation sites (N-methyl/N-ethyl adjacent to an activating group) is 1. The standard InChI is InChI=1S/C17H21BrN2O4/c1-11-13-9-12(18)5-6-14(13)24-16(11)17(22)20(2)10-15(21)19-7-4-8-23-3/h5-6,9H,4,7-8,10H2,1-3H3,(H,19,21). The minimum atomic E-state index is -0.313. The van der Waals surface area contributed by atoms with E-state index < -0.39 is 0 Å². The van der Waals surface area contributed by atoms with Crippen LogP contribution in [0, 0.1) is 6.92 Å². The largest absolute Gasteiger partial charge is 0.451 e. The van der Waals surface area contributed by atoms with Crippen LogP contribution in [0.25, 0.3) is 11.0 Å². The van der Waals surface area contributed by atoms with Crippen molar-refractivity contribution in [3.8, 4) is 0 Å². The number of benzene rings is 1. The summed E-state index contributed by atoms with van der Waals surface area (Å²) < 4.78 is 11.5. The summed E-state index contributed by atoms with van der Waals surface area (Å²) in [5.41, 5.74) is 1.42. The first-order valence-electron chi connectivity index (χ1n) is 7.63. The molecule has 6 nitrogen and oxygen atoms in total. The number of nitrogens with zero attached hydrogens (tertiary/aromatic N) is 1. The monoisotopic (exact) mass is 396 g/mol. The van der Waals surface area contributed by atoms with E-state index in [9.17, 15) is 9.59 Å². The van der Waals surface area contributed by atoms with E-state index in [-0.39, 0.29) is 24.1 Å². The molecule has 1 N–H and O–H groups in total. The maximum Gasteiger partial charge on any atom is 0.290 e. The third-order valence-electron chi connectivity index (χ3n) is 3.67. The van der Waals surface area contributed by atoms with Crippen molar-refractivity contribution in [3.05, 3.63) is 34.0 Å². The van der Waals surface area contributed by atoms with Crippen LogP contribution in [0.5, 0.6) is 0 Å². The smallest absolute Gasteiger partial charge is 0.290 e. The molecule has 1 aromatic carbocycles. The van der Waals surface area contributed by atoms with E-state index in [1.165, 1.54) is 4.90 Å². The van der Waals surface area contributed by atoms with Gasteiger partial charge in [-0.15, -0.1) is 0 Å². The number of halogens is 1. The highest BCUT2D eigenvalue weighted by molar-refractivity contribution is 9.10. The molecule has 1 aromatic heterocycles. The van der Waals surface area contributed by atoms with Gasteiger partial charge in [0.05, 0.1) is 6.54 Å². The summed E-state index contributed by atoms with van der Waals surface area (Å²) in [5, 5.41) is 3.63. The highest BCUT2D eigenvalue weighted by Crippen LogP contribution is 2.28. The Kier molecular flexibility index (Phi) is 6.39. The van der Waals surface area contributed by atoms with Crippen molar-refractivity contribution in [2.24, 2.45) is 0 Å². The van der Waals surface area contributed by atoms with Gasteiger partial charge >= 0.3 is 0 Å². The first-order valence-corrected chi connectivity index (χ1v) is 8.43. The molecule has 0 aliphatic rings. The van der Waals surface area contributed by atoms with Crippen molar-refractivity contribution in [1.82, 2.24) is 10.2 Å². The van der Waals surface area contributed by atoms with Crippen molar-refractivity contribution < 1.29 is 18.7 Å². The number of carbonyl (C=O) groups excluding carboxylic acids is 2. The Morgan fingerprint density at radius 3 is 2.83 bits per heavy atom. The molecule has 0 fully saturated rings. The summed E-state index contributed by atoms with van der Waals surface area (Å²) in [6.07, 6.45) is 0.734. The zero-order valence-corrected chi connectivity index (χ0v) is 15.6. The van der Waals surface area contributed by atoms with E-state index >= 15 is 0 Å². The molecule has 0 saturated heterocycles. The van der Waals surface area contributed by atoms with Crippen LogP contribution in [0.1, 0.15) is 22.5 Å². The Morgan fingerprint density at radius 2 is 2.12 bits per heavy atom. The molecule has 0 unspecified atom stereocenters. The first-order chi connectivity index (χ1) is 11.4. The minimum absolute atomic E-state index is 0.0218. The van der Waals surface area contributed by atoms with Crippen LogP contribution in [-0.4, -0.2) is 50.6 Å². The topological polar surface area (TPSA) is 71.8 Å². The first kappa shape index (κ1) is 18.5. The third kappa shape index (κ3) is 4.36. The lowest BCUT2D eigenvalue weighted by Crippen LogP contribution is -2.38. The lowest BCUT2D eigenvalue weighted by atomic mass is 10.1. The summed E-state index contributed by atoms with van der Waals surface area (Å²) in [4.78, 5) is 25.8. The van der Waals surface area contributed by atoms with Gasteiger partial charge in [-0.2, -0.15) is 0 Å². The summed E-state index contributed by atoms with van der Waals surface area (Å²) in [7, 11) is 3.20. The molecule has 2 rings (SSSR count). The van der Waals surface area contributed by atoms with Crippen molar-refractivity contribution >= 4 is 38.7 Å². The Labute approximate surface area is 149 Å². The fourth-order valence-corrected chi connectivity index (χ4v) is 2.72. The van der Waals surface area contributed by atoms with Crippen LogP contribution >= 0.6 is 15.9 Å². The van der Waals surface area contributed by atoms with Gasteiger partial charge in [-0.05, 0) is 31.5 Å². The van der Waals surface area contributed by atoms with Gasteiger partial charge in [0, 0.05) is 42.7 Å². The van der Waals surface area contributed by atoms with Crippen molar-refractivity contribution in [1.29, 1.82) is 0 Å². The normalized spacial score (nSPS) is 10.8. The SMILES string of the molecule is COCCCNC(=O)CN(C)C(=O)c1oc2ccc(Br)cc2c1C. The zero-order chi connectivity index (χ0) is 17.7. The predicted molar refractivity (Wildman–Crippen MR) is 95.1 cm³/mol. The van der Waals surface area contributed by atoms with Gasteiger partial charge in [-0.25, -0.2) is 0 Å². The van der Waals surface area contributed by atoms with Gasteiger partial charge in [-0.3, -0.25) is 9.59 Å². The highest BCUT2D eigenvalue weighted by atomic mass is 79.9. The molecule has 0 saturated carbocycles. The molecule has 0 radical (unpaired) electrons. The van der Waals surface area contributed by atoms with E-state index in [0.717, 1.165) is 21.8 Å². The number of amides is 2. The predicted octanol–water partition coefficient (Wildman–Crippen LogP) is 2.73. The van der Waals surface area contributed by atoms with Crippen molar-refractivity contribution in [2.45, 2.75) is 13.3 Å². The quantitative estimate of drug-likeness (QED) is 0.730. The van der Waals surface area contributed by atoms with Crippen LogP contribution in [0.2, 0.25) is 0 Å². The fourth-order valence-electron chi connectivity index (χ4n) is 2.36. The van der Waals surface area contributed by atoms with E-state index in [2.05, 4.69) is 21.2 Å². The second-order valence-corrected chi connectivity index (χ2v) is 6.47. The summed E-state index contributed by atoms with van der Waals surface area (Å²) in [5.74, 6) is -0.261. The average Bonchev–Trinajstić information content (AvgIpc) is 2.87. The molecule has 0 aliphatic carbocycles. The number of hydrogen-bond acceptors (Lipinski definition) is 4. The van der Waals surface area contributed by atoms with Gasteiger partial charge < -0.3 is 19.4 Å². The van der Waals surface area contributed by atoms with Gasteiger partial charge in [0.15, 0.2) is 5.76 Å². The molecular formula is C17H21BrN2O4. The fraction of sp³-hybridized carbons (Fsp3) is 0.412. The second-order valence-electron chi connectivity index (χ2n) is 5.55. The minimum Gasteiger partial charge on any atom is -0.451 e. The summed E-state index contributed by atoms with van der Waals surface area (Å²) >= 11 is 3.41. The number of methoxy groups -OCH3 is 1. The molecule has 2 amide bonds. The second kappa shape index (κ2) is 8.30. The number of nitrogens with one attached hydrogen (secondary N) is 1. The zero-order valence-electron chi connectivity index (χ0n) is 14.0. The van der Waals surface area contributed by atoms with Gasteiger partial charge in [-0.1, -0.05) is 15.9 Å². The van der Waals surface area contributed by atoms with Crippen LogP contribution in [-0.2, 0) is 9.53 Å². The average molecular weight is 397 g/mol. The van der Waals surface area contributed by atoms with Crippen LogP contribution in [0.3, 0.4) is 0 Å². The summed E-state index contributed by atoms with van der Waals surface area (Å²) in [6.45, 7) is 2.92. The number of fused-ring (bicyclic) bond motifs is 1. The third-order valence-corrected chi connectivity index (χ3v) is 4.16. The number of aryl methyl sites for hydroxylation is 1. The van der Waals surface area contributed by atoms with Gasteiger partial charge in [0.1, 0.15) is 5.58 Å². The maximum absolute atomic E-state index is 12.6. The van der Waals surface area contributed by atoms with Crippen LogP contribution < -0.4 is 5.32 Å². The lowest BCUT2D eigenvalue weighted by Gasteiger charge is -2.15. The Hall–Kier alpha value is -1.86. The van der Waals surface area contributed by atoms with Crippen LogP contribution in [0.4, 0.5) is 0 Å². The lowest BCUT2D eigenvalue weighted by molar-refractivity contribution is -0.121. The van der Waals surface area contributed by atoms with E-state index in [4.69, 9.17) is 9.15 Å². The Balaban J connectivity index is 2.03. The van der Waals surface area contributed by atoms with Crippen molar-refractivity contribution in [2.75, 3.05) is 33.9 Å². The molecule has 7 heteroatoms. The van der Waals surface area contributed by atoms with E-state index in [0.29, 0.717) is 18.7 Å². The van der Waals surface area contributed by atoms with Crippen LogP contribution in [0.15, 0.2) is 27.1 Å². The number of carbonyl (C=O) groups is 2. The number of hydrogen-bond donors (Lipinski definition) is 1. The Morgan fingerprint density at radius 1 is 1.38 bits per heavy atom. The molecule has 2 aromatic rings. The van der Waals surface area contributed by atoms with E-state index in [1.807, 2.05) is 25.1 Å². The van der Waals surface area contributed by atoms with Gasteiger partial charge in [0.25, 0.3) is 5.91 Å². The van der Waals surface area contributed by atoms with Crippen molar-refractivity contribution in [3.63, 3.8) is 0 Å². The maximum atomic E-state index is 12.6. The molecular weight excluding hydrogens is 376 g/mol. The molecule has 0 spiro atoms. The van der Waals surface area contributed by atoms with Gasteiger partial charge in [0.2, 0.25) is 5.91 Å². The van der Waals surface area contributed by atoms with E-state index in [1.54, 1.807) is 14.2 Å². The molecule has 130 valence electrons. The molecule has 24 heavy (non-hydrogen) atoms. The highest BCUT2D eigenvalue weighted by Gasteiger charge is 2.22. The molecule has 0 bridgehead atoms. The number of rotatable bonds is 7. The number of ether oxygens (including phenoxy) is 1. The number of furan rings is 1. The molecule has 0 atom stereocenters. The molecule has 0 aliphatic heterocycles. The molecule has 1 heterocycles. The summed E-state index contributed by atoms with van der Waals surface area (Å²) in [6, 6.07) is 5.58. The Bertz CT molecular complexity index is 742.